The van der Waals surface area contributed by atoms with Crippen LogP contribution in [0.15, 0.2) is 158 Å². The van der Waals surface area contributed by atoms with E-state index >= 15 is 0 Å². The number of carbonyl (C=O) groups excluding carboxylic acids is 3. The Kier molecular flexibility index (Phi) is 49.7. The molecule has 1 atom stereocenters. The van der Waals surface area contributed by atoms with Gasteiger partial charge in [-0.25, -0.2) is 0 Å². The molecule has 0 radical (unpaired) electrons. The van der Waals surface area contributed by atoms with Crippen molar-refractivity contribution >= 4 is 17.9 Å². The van der Waals surface area contributed by atoms with Crippen LogP contribution in [0.5, 0.6) is 0 Å². The normalized spacial score (nSPS) is 13.4. The van der Waals surface area contributed by atoms with Crippen LogP contribution in [0.3, 0.4) is 0 Å². The van der Waals surface area contributed by atoms with Crippen molar-refractivity contribution in [2.24, 2.45) is 0 Å². The predicted octanol–water partition coefficient (Wildman–Crippen LogP) is 17.4. The fourth-order valence-electron chi connectivity index (χ4n) is 6.39. The van der Waals surface area contributed by atoms with Gasteiger partial charge in [-0.15, -0.1) is 0 Å². The number of unbranched alkanes of at least 4 members (excludes halogenated alkanes) is 13. The molecule has 0 saturated heterocycles. The first-order chi connectivity index (χ1) is 33.0. The summed E-state index contributed by atoms with van der Waals surface area (Å²) in [5, 5.41) is 0. The van der Waals surface area contributed by atoms with Crippen molar-refractivity contribution in [3.63, 3.8) is 0 Å². The summed E-state index contributed by atoms with van der Waals surface area (Å²) in [6.45, 7) is 6.17. The summed E-state index contributed by atoms with van der Waals surface area (Å²) >= 11 is 0. The van der Waals surface area contributed by atoms with E-state index in [1.807, 2.05) is 72.9 Å². The molecule has 0 saturated carbocycles. The minimum absolute atomic E-state index is 0.118. The van der Waals surface area contributed by atoms with E-state index in [1.165, 1.54) is 25.7 Å². The zero-order valence-electron chi connectivity index (χ0n) is 42.3. The summed E-state index contributed by atoms with van der Waals surface area (Å²) in [6.07, 6.45) is 77.9. The van der Waals surface area contributed by atoms with Crippen molar-refractivity contribution in [2.75, 3.05) is 13.2 Å². The maximum atomic E-state index is 12.8. The number of rotatable bonds is 44. The molecular weight excluding hydrogens is 829 g/mol. The summed E-state index contributed by atoms with van der Waals surface area (Å²) in [5.74, 6) is -1.02. The summed E-state index contributed by atoms with van der Waals surface area (Å²) < 4.78 is 16.7. The molecule has 0 heterocycles. The van der Waals surface area contributed by atoms with Crippen LogP contribution in [0.2, 0.25) is 0 Å². The van der Waals surface area contributed by atoms with Gasteiger partial charge in [-0.05, 0) is 103 Å². The van der Waals surface area contributed by atoms with Gasteiger partial charge in [0, 0.05) is 19.3 Å². The number of esters is 3. The first-order valence-electron chi connectivity index (χ1n) is 26.1. The molecule has 6 heteroatoms. The topological polar surface area (TPSA) is 78.9 Å². The van der Waals surface area contributed by atoms with Crippen LogP contribution in [0.25, 0.3) is 0 Å². The van der Waals surface area contributed by atoms with Gasteiger partial charge in [-0.2, -0.15) is 0 Å². The van der Waals surface area contributed by atoms with E-state index in [0.29, 0.717) is 19.3 Å². The predicted molar refractivity (Wildman–Crippen MR) is 288 cm³/mol. The molecule has 0 fully saturated rings. The fraction of sp³-hybridized carbons (Fsp3) is 0.525. The minimum Gasteiger partial charge on any atom is -0.462 e. The van der Waals surface area contributed by atoms with E-state index in [1.54, 1.807) is 0 Å². The lowest BCUT2D eigenvalue weighted by atomic mass is 10.1. The van der Waals surface area contributed by atoms with Crippen LogP contribution < -0.4 is 0 Å². The quantitative estimate of drug-likeness (QED) is 0.0199. The van der Waals surface area contributed by atoms with E-state index in [-0.39, 0.29) is 44.0 Å². The molecule has 0 rings (SSSR count). The van der Waals surface area contributed by atoms with Crippen LogP contribution in [-0.4, -0.2) is 37.2 Å². The molecule has 0 aromatic heterocycles. The third kappa shape index (κ3) is 51.9. The molecule has 0 aliphatic carbocycles. The lowest BCUT2D eigenvalue weighted by Crippen LogP contribution is -2.30. The van der Waals surface area contributed by atoms with Crippen LogP contribution in [0.1, 0.15) is 188 Å². The number of allylic oxidation sites excluding steroid dienone is 26. The molecule has 0 amide bonds. The summed E-state index contributed by atoms with van der Waals surface area (Å²) in [7, 11) is 0. The standard InChI is InChI=1S/C61H92O6/c1-4-7-10-13-16-19-22-25-28-30-31-32-34-36-39-42-45-48-51-54-60(63)66-57-58(56-65-59(62)53-50-47-44-41-38-35-27-24-21-18-15-12-9-6-3)67-61(64)55-52-49-46-43-40-37-33-29-26-23-20-17-14-11-8-5-2/h7-13,16-22,25-26,28-32,34,36-37,39-40,58H,4-6,14-15,23-24,27,33,35,38,41-57H2,1-3H3/b10-7-,11-8-,12-9-,16-13-,20-17-,21-18-,22-19-,28-25-,29-26-,31-30+,34-32-,39-36-,40-37-. The number of hydrogen-bond donors (Lipinski definition) is 0. The molecule has 1 unspecified atom stereocenters. The molecule has 0 spiro atoms. The highest BCUT2D eigenvalue weighted by Crippen LogP contribution is 2.13. The number of ether oxygens (including phenoxy) is 3. The maximum Gasteiger partial charge on any atom is 0.306 e. The van der Waals surface area contributed by atoms with Crippen LogP contribution in [0.4, 0.5) is 0 Å². The first kappa shape index (κ1) is 62.0. The Labute approximate surface area is 409 Å². The van der Waals surface area contributed by atoms with Gasteiger partial charge in [-0.3, -0.25) is 14.4 Å². The van der Waals surface area contributed by atoms with E-state index in [0.717, 1.165) is 109 Å². The molecule has 6 nitrogen and oxygen atoms in total. The third-order valence-corrected chi connectivity index (χ3v) is 10.2. The molecule has 0 bridgehead atoms. The molecule has 372 valence electrons. The van der Waals surface area contributed by atoms with Crippen LogP contribution in [-0.2, 0) is 28.6 Å². The van der Waals surface area contributed by atoms with Crippen molar-refractivity contribution in [2.45, 2.75) is 194 Å². The van der Waals surface area contributed by atoms with Crippen molar-refractivity contribution < 1.29 is 28.6 Å². The fourth-order valence-corrected chi connectivity index (χ4v) is 6.39. The van der Waals surface area contributed by atoms with Gasteiger partial charge >= 0.3 is 17.9 Å². The maximum absolute atomic E-state index is 12.8. The van der Waals surface area contributed by atoms with Crippen molar-refractivity contribution in [1.29, 1.82) is 0 Å². The van der Waals surface area contributed by atoms with Gasteiger partial charge in [-0.1, -0.05) is 224 Å². The molecule has 67 heavy (non-hydrogen) atoms. The van der Waals surface area contributed by atoms with Crippen molar-refractivity contribution in [3.8, 4) is 0 Å². The highest BCUT2D eigenvalue weighted by Gasteiger charge is 2.19. The van der Waals surface area contributed by atoms with E-state index in [2.05, 4.69) is 106 Å². The molecule has 0 N–H and O–H groups in total. The second kappa shape index (κ2) is 53.6. The molecule has 0 aromatic rings. The highest BCUT2D eigenvalue weighted by molar-refractivity contribution is 5.71. The lowest BCUT2D eigenvalue weighted by molar-refractivity contribution is -0.167. The SMILES string of the molecule is CC\C=C/C=C\C=C/C=C\C=C\C=C/C=C\CCCCCC(=O)OCC(COC(=O)CCCCCCCCC/C=C\C/C=C\CC)OC(=O)CCCCC/C=C\C/C=C\C/C=C\C/C=C\CC. The largest absolute Gasteiger partial charge is 0.462 e. The first-order valence-corrected chi connectivity index (χ1v) is 26.1. The van der Waals surface area contributed by atoms with E-state index in [4.69, 9.17) is 14.2 Å². The van der Waals surface area contributed by atoms with Crippen molar-refractivity contribution in [1.82, 2.24) is 0 Å². The Balaban J connectivity index is 4.60. The van der Waals surface area contributed by atoms with Gasteiger partial charge in [0.05, 0.1) is 0 Å². The molecule has 0 aromatic carbocycles. The number of carbonyl (C=O) groups is 3. The summed E-state index contributed by atoms with van der Waals surface area (Å²) in [6, 6.07) is 0. The van der Waals surface area contributed by atoms with Gasteiger partial charge in [0.2, 0.25) is 0 Å². The Morgan fingerprint density at radius 1 is 0.313 bits per heavy atom. The average molecular weight is 921 g/mol. The second-order valence-corrected chi connectivity index (χ2v) is 16.5. The van der Waals surface area contributed by atoms with Crippen LogP contribution >= 0.6 is 0 Å². The smallest absolute Gasteiger partial charge is 0.306 e. The zero-order valence-corrected chi connectivity index (χ0v) is 42.3. The van der Waals surface area contributed by atoms with Crippen LogP contribution in [0, 0.1) is 0 Å². The minimum atomic E-state index is -0.825. The van der Waals surface area contributed by atoms with Gasteiger partial charge < -0.3 is 14.2 Å². The Morgan fingerprint density at radius 3 is 1.03 bits per heavy atom. The Bertz CT molecular complexity index is 1570. The zero-order chi connectivity index (χ0) is 48.6. The van der Waals surface area contributed by atoms with Gasteiger partial charge in [0.1, 0.15) is 13.2 Å². The average Bonchev–Trinajstić information content (AvgIpc) is 3.33. The third-order valence-electron chi connectivity index (χ3n) is 10.2. The summed E-state index contributed by atoms with van der Waals surface area (Å²) in [5.41, 5.74) is 0. The van der Waals surface area contributed by atoms with E-state index in [9.17, 15) is 14.4 Å². The second-order valence-electron chi connectivity index (χ2n) is 16.5. The summed E-state index contributed by atoms with van der Waals surface area (Å²) in [4.78, 5) is 38.0. The number of hydrogen-bond acceptors (Lipinski definition) is 6. The highest BCUT2D eigenvalue weighted by atomic mass is 16.6. The monoisotopic (exact) mass is 921 g/mol. The van der Waals surface area contributed by atoms with E-state index < -0.39 is 6.10 Å². The molecule has 0 aliphatic rings. The Hall–Kier alpha value is -4.97. The molecular formula is C61H92O6. The van der Waals surface area contributed by atoms with Gasteiger partial charge in [0.25, 0.3) is 0 Å². The Morgan fingerprint density at radius 2 is 0.612 bits per heavy atom. The lowest BCUT2D eigenvalue weighted by Gasteiger charge is -2.18. The van der Waals surface area contributed by atoms with Crippen molar-refractivity contribution in [3.05, 3.63) is 158 Å². The van der Waals surface area contributed by atoms with Gasteiger partial charge in [0.15, 0.2) is 6.10 Å². The molecule has 0 aliphatic heterocycles.